The average molecular weight is 538 g/mol. The van der Waals surface area contributed by atoms with E-state index < -0.39 is 5.60 Å². The number of aromatic nitrogens is 2. The van der Waals surface area contributed by atoms with E-state index in [4.69, 9.17) is 14.6 Å². The van der Waals surface area contributed by atoms with Crippen LogP contribution in [0, 0.1) is 11.8 Å². The zero-order chi connectivity index (χ0) is 23.8. The third-order valence-corrected chi connectivity index (χ3v) is 7.42. The van der Waals surface area contributed by atoms with Crippen molar-refractivity contribution in [3.8, 4) is 11.3 Å². The maximum absolute atomic E-state index is 11.8. The van der Waals surface area contributed by atoms with Gasteiger partial charge in [0.05, 0.1) is 16.8 Å². The molecule has 3 rings (SSSR count). The average Bonchev–Trinajstić information content (AvgIpc) is 3.08. The topological polar surface area (TPSA) is 53.4 Å². The van der Waals surface area contributed by atoms with Crippen LogP contribution in [-0.4, -0.2) is 46.6 Å². The molecule has 1 fully saturated rings. The Kier molecular flexibility index (Phi) is 9.89. The van der Waals surface area contributed by atoms with E-state index in [1.807, 2.05) is 38.6 Å². The summed E-state index contributed by atoms with van der Waals surface area (Å²) in [7, 11) is 0. The van der Waals surface area contributed by atoms with Crippen molar-refractivity contribution in [2.45, 2.75) is 65.0 Å². The van der Waals surface area contributed by atoms with Crippen LogP contribution in [0.15, 0.2) is 34.8 Å². The number of ether oxygens (including phenoxy) is 2. The number of hydrogen-bond acceptors (Lipinski definition) is 5. The Morgan fingerprint density at radius 3 is 2.45 bits per heavy atom. The number of esters is 1. The Labute approximate surface area is 211 Å². The van der Waals surface area contributed by atoms with Crippen molar-refractivity contribution >= 4 is 33.7 Å². The molecule has 1 aliphatic rings. The van der Waals surface area contributed by atoms with Crippen LogP contribution in [-0.2, 0) is 27.2 Å². The predicted octanol–water partition coefficient (Wildman–Crippen LogP) is 6.38. The molecule has 2 aromatic rings. The number of rotatable bonds is 10. The normalized spacial score (nSPS) is 18.9. The second-order valence-corrected chi connectivity index (χ2v) is 11.7. The summed E-state index contributed by atoms with van der Waals surface area (Å²) in [5, 5.41) is 5.03. The van der Waals surface area contributed by atoms with Crippen LogP contribution in [0.5, 0.6) is 0 Å². The number of thioether (sulfide) groups is 1. The van der Waals surface area contributed by atoms with Crippen molar-refractivity contribution in [2.24, 2.45) is 11.8 Å². The summed E-state index contributed by atoms with van der Waals surface area (Å²) in [5.41, 5.74) is 3.02. The fraction of sp³-hybridized carbons (Fsp3) is 0.615. The van der Waals surface area contributed by atoms with Gasteiger partial charge in [-0.15, -0.1) is 0 Å². The van der Waals surface area contributed by atoms with Gasteiger partial charge in [0.2, 0.25) is 0 Å². The monoisotopic (exact) mass is 536 g/mol. The highest BCUT2D eigenvalue weighted by Gasteiger charge is 2.25. The fourth-order valence-corrected chi connectivity index (χ4v) is 5.46. The van der Waals surface area contributed by atoms with Crippen molar-refractivity contribution in [1.82, 2.24) is 9.78 Å². The summed E-state index contributed by atoms with van der Waals surface area (Å²) < 4.78 is 14.4. The van der Waals surface area contributed by atoms with Crippen molar-refractivity contribution in [3.63, 3.8) is 0 Å². The summed E-state index contributed by atoms with van der Waals surface area (Å²) >= 11 is 5.72. The number of carbonyl (C=O) groups excluding carboxylic acids is 1. The van der Waals surface area contributed by atoms with Gasteiger partial charge in [0.25, 0.3) is 0 Å². The van der Waals surface area contributed by atoms with Crippen LogP contribution >= 0.6 is 27.7 Å². The Bertz CT molecular complexity index is 887. The second kappa shape index (κ2) is 12.4. The summed E-state index contributed by atoms with van der Waals surface area (Å²) in [6.07, 6.45) is 7.76. The molecule has 1 saturated carbocycles. The third kappa shape index (κ3) is 8.15. The highest BCUT2D eigenvalue weighted by atomic mass is 79.9. The van der Waals surface area contributed by atoms with Gasteiger partial charge in [-0.05, 0) is 92.6 Å². The smallest absolute Gasteiger partial charge is 0.332 e. The zero-order valence-corrected chi connectivity index (χ0v) is 22.7. The molecule has 1 aliphatic carbocycles. The molecule has 0 N–H and O–H groups in total. The lowest BCUT2D eigenvalue weighted by molar-refractivity contribution is -0.160. The molecule has 0 spiro atoms. The van der Waals surface area contributed by atoms with Gasteiger partial charge in [0, 0.05) is 12.1 Å². The fourth-order valence-electron chi connectivity index (χ4n) is 4.35. The lowest BCUT2D eigenvalue weighted by Crippen LogP contribution is -2.28. The van der Waals surface area contributed by atoms with E-state index in [1.165, 1.54) is 18.5 Å². The lowest BCUT2D eigenvalue weighted by atomic mass is 9.82. The van der Waals surface area contributed by atoms with Crippen LogP contribution in [0.4, 0.5) is 0 Å². The molecule has 0 atom stereocenters. The number of halogens is 1. The van der Waals surface area contributed by atoms with Crippen LogP contribution in [0.1, 0.15) is 52.1 Å². The van der Waals surface area contributed by atoms with Crippen molar-refractivity contribution in [3.05, 3.63) is 40.5 Å². The van der Waals surface area contributed by atoms with E-state index >= 15 is 0 Å². The molecule has 0 unspecified atom stereocenters. The summed E-state index contributed by atoms with van der Waals surface area (Å²) in [6, 6.07) is 10.4. The first kappa shape index (κ1) is 26.3. The first-order chi connectivity index (χ1) is 15.8. The van der Waals surface area contributed by atoms with Crippen LogP contribution in [0.3, 0.4) is 0 Å². The second-order valence-electron chi connectivity index (χ2n) is 9.89. The van der Waals surface area contributed by atoms with E-state index in [0.29, 0.717) is 18.4 Å². The molecule has 0 aliphatic heterocycles. The molecule has 0 saturated heterocycles. The largest absolute Gasteiger partial charge is 0.458 e. The molecule has 1 aromatic carbocycles. The van der Waals surface area contributed by atoms with Crippen LogP contribution in [0.2, 0.25) is 0 Å². The van der Waals surface area contributed by atoms with Gasteiger partial charge < -0.3 is 9.47 Å². The molecular weight excluding hydrogens is 500 g/mol. The van der Waals surface area contributed by atoms with Gasteiger partial charge >= 0.3 is 5.97 Å². The summed E-state index contributed by atoms with van der Waals surface area (Å²) in [5.74, 6) is 1.94. The van der Waals surface area contributed by atoms with Crippen LogP contribution in [0.25, 0.3) is 11.3 Å². The van der Waals surface area contributed by atoms with Crippen molar-refractivity contribution < 1.29 is 14.3 Å². The van der Waals surface area contributed by atoms with Crippen molar-refractivity contribution in [2.75, 3.05) is 25.2 Å². The minimum absolute atomic E-state index is 0.0412. The Balaban J connectivity index is 1.54. The van der Waals surface area contributed by atoms with Crippen LogP contribution < -0.4 is 0 Å². The molecule has 1 aromatic heterocycles. The molecule has 1 heterocycles. The lowest BCUT2D eigenvalue weighted by Gasteiger charge is -2.28. The summed E-state index contributed by atoms with van der Waals surface area (Å²) in [6.45, 7) is 7.26. The van der Waals surface area contributed by atoms with E-state index in [9.17, 15) is 4.79 Å². The quantitative estimate of drug-likeness (QED) is 0.329. The summed E-state index contributed by atoms with van der Waals surface area (Å²) in [4.78, 5) is 11.8. The Morgan fingerprint density at radius 1 is 1.15 bits per heavy atom. The molecule has 0 bridgehead atoms. The maximum Gasteiger partial charge on any atom is 0.332 e. The third-order valence-electron chi connectivity index (χ3n) is 5.97. The van der Waals surface area contributed by atoms with Crippen molar-refractivity contribution in [1.29, 1.82) is 0 Å². The van der Waals surface area contributed by atoms with Gasteiger partial charge in [0.1, 0.15) is 17.9 Å². The maximum atomic E-state index is 11.8. The number of benzene rings is 1. The molecule has 182 valence electrons. The van der Waals surface area contributed by atoms with Gasteiger partial charge in [-0.3, -0.25) is 4.68 Å². The molecular formula is C26H37BrN2O3S. The van der Waals surface area contributed by atoms with E-state index in [-0.39, 0.29) is 12.6 Å². The number of nitrogens with zero attached hydrogens (tertiary/aromatic N) is 2. The highest BCUT2D eigenvalue weighted by molar-refractivity contribution is 9.10. The molecule has 33 heavy (non-hydrogen) atoms. The standard InChI is InChI=1S/C26H37BrN2O3S/c1-26(2,3)32-23(30)18-31-17-20-12-10-19(11-13-20)16-29-22(14-15-33-4)24(27)25(28-29)21-8-6-5-7-9-21/h5-9,19-20H,10-18H2,1-4H3. The number of carbonyl (C=O) groups is 1. The molecule has 7 heteroatoms. The van der Waals surface area contributed by atoms with Gasteiger partial charge in [-0.1, -0.05) is 30.3 Å². The van der Waals surface area contributed by atoms with E-state index in [0.717, 1.165) is 47.3 Å². The first-order valence-corrected chi connectivity index (χ1v) is 14.0. The molecule has 0 radical (unpaired) electrons. The first-order valence-electron chi connectivity index (χ1n) is 11.9. The molecule has 0 amide bonds. The Morgan fingerprint density at radius 2 is 1.82 bits per heavy atom. The van der Waals surface area contributed by atoms with E-state index in [1.54, 1.807) is 0 Å². The van der Waals surface area contributed by atoms with Gasteiger partial charge in [-0.2, -0.15) is 16.9 Å². The molecule has 5 nitrogen and oxygen atoms in total. The predicted molar refractivity (Wildman–Crippen MR) is 140 cm³/mol. The minimum atomic E-state index is -0.463. The zero-order valence-electron chi connectivity index (χ0n) is 20.3. The SMILES string of the molecule is CSCCc1c(Br)c(-c2ccccc2)nn1CC1CCC(COCC(=O)OC(C)(C)C)CC1. The minimum Gasteiger partial charge on any atom is -0.458 e. The Hall–Kier alpha value is -1.31. The van der Waals surface area contributed by atoms with Gasteiger partial charge in [0.15, 0.2) is 0 Å². The number of hydrogen-bond donors (Lipinski definition) is 0. The van der Waals surface area contributed by atoms with E-state index in [2.05, 4.69) is 51.1 Å². The highest BCUT2D eigenvalue weighted by Crippen LogP contribution is 2.34. The van der Waals surface area contributed by atoms with Gasteiger partial charge in [-0.25, -0.2) is 4.79 Å².